The topological polar surface area (TPSA) is 77.8 Å². The number of rotatable bonds is 4. The molecule has 0 aliphatic carbocycles. The van der Waals surface area contributed by atoms with Crippen LogP contribution in [0.2, 0.25) is 0 Å². The number of carbonyl (C=O) groups is 2. The molecule has 29 heavy (non-hydrogen) atoms. The van der Waals surface area contributed by atoms with E-state index < -0.39 is 23.4 Å². The van der Waals surface area contributed by atoms with Gasteiger partial charge in [-0.05, 0) is 42.9 Å². The summed E-state index contributed by atoms with van der Waals surface area (Å²) in [7, 11) is 0. The standard InChI is InChI=1S/C19H20F2N4O3S/c20-13-4-5-15(14(21)11-13)22-17(26)12-24-6-2-7-25(9-8-24)19(29)23-18(27)16-3-1-10-28-16/h1,3-5,10-11H,2,6-9,12H2,(H,22,26)(H,23,27,29). The molecular weight excluding hydrogens is 402 g/mol. The number of hydrogen-bond acceptors (Lipinski definition) is 5. The molecule has 1 saturated heterocycles. The molecule has 2 amide bonds. The first-order chi connectivity index (χ1) is 13.9. The van der Waals surface area contributed by atoms with E-state index in [4.69, 9.17) is 16.6 Å². The lowest BCUT2D eigenvalue weighted by molar-refractivity contribution is -0.117. The minimum atomic E-state index is -0.821. The summed E-state index contributed by atoms with van der Waals surface area (Å²) >= 11 is 5.30. The Bertz CT molecular complexity index is 892. The summed E-state index contributed by atoms with van der Waals surface area (Å²) in [5.74, 6) is -2.16. The molecule has 1 aromatic carbocycles. The second-order valence-corrected chi connectivity index (χ2v) is 6.91. The van der Waals surface area contributed by atoms with Crippen LogP contribution in [0.4, 0.5) is 14.5 Å². The summed E-state index contributed by atoms with van der Waals surface area (Å²) in [6.45, 7) is 2.40. The van der Waals surface area contributed by atoms with Gasteiger partial charge in [-0.25, -0.2) is 8.78 Å². The van der Waals surface area contributed by atoms with E-state index in [2.05, 4.69) is 10.6 Å². The van der Waals surface area contributed by atoms with Gasteiger partial charge >= 0.3 is 0 Å². The van der Waals surface area contributed by atoms with Crippen molar-refractivity contribution in [2.45, 2.75) is 6.42 Å². The van der Waals surface area contributed by atoms with E-state index in [-0.39, 0.29) is 18.0 Å². The summed E-state index contributed by atoms with van der Waals surface area (Å²) in [6, 6.07) is 6.15. The molecule has 10 heteroatoms. The third-order valence-electron chi connectivity index (χ3n) is 4.41. The molecule has 1 fully saturated rings. The lowest BCUT2D eigenvalue weighted by atomic mass is 10.3. The first-order valence-corrected chi connectivity index (χ1v) is 9.44. The van der Waals surface area contributed by atoms with Gasteiger partial charge in [-0.3, -0.25) is 19.8 Å². The highest BCUT2D eigenvalue weighted by Gasteiger charge is 2.21. The van der Waals surface area contributed by atoms with Crippen molar-refractivity contribution in [1.82, 2.24) is 15.1 Å². The van der Waals surface area contributed by atoms with Crippen LogP contribution < -0.4 is 10.6 Å². The van der Waals surface area contributed by atoms with Crippen LogP contribution in [0.3, 0.4) is 0 Å². The molecular formula is C19H20F2N4O3S. The van der Waals surface area contributed by atoms with Crippen molar-refractivity contribution in [3.8, 4) is 0 Å². The van der Waals surface area contributed by atoms with Gasteiger partial charge in [0.25, 0.3) is 5.91 Å². The number of nitrogens with zero attached hydrogens (tertiary/aromatic N) is 2. The maximum atomic E-state index is 13.7. The lowest BCUT2D eigenvalue weighted by Crippen LogP contribution is -2.44. The zero-order valence-electron chi connectivity index (χ0n) is 15.5. The highest BCUT2D eigenvalue weighted by Crippen LogP contribution is 2.15. The number of halogens is 2. The number of carbonyl (C=O) groups excluding carboxylic acids is 2. The predicted octanol–water partition coefficient (Wildman–Crippen LogP) is 2.22. The maximum Gasteiger partial charge on any atom is 0.293 e. The normalized spacial score (nSPS) is 14.9. The Morgan fingerprint density at radius 1 is 1.14 bits per heavy atom. The molecule has 7 nitrogen and oxygen atoms in total. The van der Waals surface area contributed by atoms with Crippen molar-refractivity contribution in [2.75, 3.05) is 38.0 Å². The van der Waals surface area contributed by atoms with Crippen molar-refractivity contribution >= 4 is 34.8 Å². The van der Waals surface area contributed by atoms with Crippen molar-refractivity contribution < 1.29 is 22.8 Å². The van der Waals surface area contributed by atoms with Crippen molar-refractivity contribution in [3.05, 3.63) is 54.0 Å². The quantitative estimate of drug-likeness (QED) is 0.736. The summed E-state index contributed by atoms with van der Waals surface area (Å²) in [6.07, 6.45) is 2.14. The van der Waals surface area contributed by atoms with Gasteiger partial charge in [0.15, 0.2) is 10.9 Å². The SMILES string of the molecule is O=C(CN1CCCN(C(=S)NC(=O)c2ccco2)CC1)Nc1ccc(F)cc1F. The molecule has 2 N–H and O–H groups in total. The number of anilines is 1. The molecule has 0 atom stereocenters. The summed E-state index contributed by atoms with van der Waals surface area (Å²) in [4.78, 5) is 28.0. The van der Waals surface area contributed by atoms with Crippen LogP contribution in [0.25, 0.3) is 0 Å². The molecule has 0 unspecified atom stereocenters. The van der Waals surface area contributed by atoms with Gasteiger partial charge in [0.2, 0.25) is 5.91 Å². The molecule has 2 heterocycles. The van der Waals surface area contributed by atoms with E-state index in [1.807, 2.05) is 9.80 Å². The molecule has 0 spiro atoms. The number of furan rings is 1. The van der Waals surface area contributed by atoms with Crippen LogP contribution in [0.5, 0.6) is 0 Å². The van der Waals surface area contributed by atoms with Crippen LogP contribution in [0, 0.1) is 11.6 Å². The van der Waals surface area contributed by atoms with Crippen LogP contribution in [0.15, 0.2) is 41.0 Å². The Kier molecular flexibility index (Phi) is 6.89. The molecule has 0 saturated carbocycles. The largest absolute Gasteiger partial charge is 0.459 e. The number of amides is 2. The molecule has 154 valence electrons. The summed E-state index contributed by atoms with van der Waals surface area (Å²) in [5.41, 5.74) is -0.0605. The van der Waals surface area contributed by atoms with Crippen LogP contribution in [-0.4, -0.2) is 59.5 Å². The third kappa shape index (κ3) is 5.81. The van der Waals surface area contributed by atoms with Gasteiger partial charge in [0.1, 0.15) is 11.6 Å². The minimum Gasteiger partial charge on any atom is -0.459 e. The Balaban J connectivity index is 1.48. The van der Waals surface area contributed by atoms with Gasteiger partial charge in [0.05, 0.1) is 18.5 Å². The van der Waals surface area contributed by atoms with E-state index in [0.29, 0.717) is 31.3 Å². The number of benzene rings is 1. The molecule has 1 aliphatic heterocycles. The second kappa shape index (κ2) is 9.57. The Hall–Kier alpha value is -2.85. The fraction of sp³-hybridized carbons (Fsp3) is 0.316. The van der Waals surface area contributed by atoms with E-state index in [1.165, 1.54) is 12.3 Å². The fourth-order valence-electron chi connectivity index (χ4n) is 2.96. The van der Waals surface area contributed by atoms with Crippen LogP contribution in [-0.2, 0) is 4.79 Å². The zero-order valence-corrected chi connectivity index (χ0v) is 16.3. The molecule has 0 radical (unpaired) electrons. The number of thiocarbonyl (C=S) groups is 1. The Morgan fingerprint density at radius 2 is 1.97 bits per heavy atom. The van der Waals surface area contributed by atoms with Gasteiger partial charge in [-0.15, -0.1) is 0 Å². The van der Waals surface area contributed by atoms with Crippen LogP contribution >= 0.6 is 12.2 Å². The summed E-state index contributed by atoms with van der Waals surface area (Å²) in [5, 5.41) is 5.38. The highest BCUT2D eigenvalue weighted by molar-refractivity contribution is 7.80. The minimum absolute atomic E-state index is 0.0605. The molecule has 0 bridgehead atoms. The van der Waals surface area contributed by atoms with E-state index >= 15 is 0 Å². The van der Waals surface area contributed by atoms with Gasteiger partial charge in [0, 0.05) is 32.2 Å². The Morgan fingerprint density at radius 3 is 2.69 bits per heavy atom. The first kappa shape index (κ1) is 20.9. The van der Waals surface area contributed by atoms with E-state index in [9.17, 15) is 18.4 Å². The van der Waals surface area contributed by atoms with Crippen molar-refractivity contribution in [1.29, 1.82) is 0 Å². The summed E-state index contributed by atoms with van der Waals surface area (Å²) < 4.78 is 31.7. The molecule has 1 aliphatic rings. The lowest BCUT2D eigenvalue weighted by Gasteiger charge is -2.23. The zero-order chi connectivity index (χ0) is 20.8. The van der Waals surface area contributed by atoms with Gasteiger partial charge in [-0.1, -0.05) is 0 Å². The van der Waals surface area contributed by atoms with Crippen LogP contribution in [0.1, 0.15) is 17.0 Å². The average Bonchev–Trinajstić information content (AvgIpc) is 3.11. The van der Waals surface area contributed by atoms with Crippen molar-refractivity contribution in [2.24, 2.45) is 0 Å². The number of nitrogens with one attached hydrogen (secondary N) is 2. The van der Waals surface area contributed by atoms with Crippen molar-refractivity contribution in [3.63, 3.8) is 0 Å². The number of hydrogen-bond donors (Lipinski definition) is 2. The van der Waals surface area contributed by atoms with E-state index in [1.54, 1.807) is 12.1 Å². The smallest absolute Gasteiger partial charge is 0.293 e. The first-order valence-electron chi connectivity index (χ1n) is 9.03. The molecule has 2 aromatic rings. The molecule has 3 rings (SSSR count). The third-order valence-corrected chi connectivity index (χ3v) is 4.77. The van der Waals surface area contributed by atoms with Gasteiger partial charge < -0.3 is 14.6 Å². The van der Waals surface area contributed by atoms with E-state index in [0.717, 1.165) is 18.6 Å². The fourth-order valence-corrected chi connectivity index (χ4v) is 3.24. The monoisotopic (exact) mass is 422 g/mol. The Labute approximate surface area is 171 Å². The molecule has 1 aromatic heterocycles. The predicted molar refractivity (Wildman–Crippen MR) is 106 cm³/mol. The maximum absolute atomic E-state index is 13.7. The average molecular weight is 422 g/mol. The van der Waals surface area contributed by atoms with Gasteiger partial charge in [-0.2, -0.15) is 0 Å². The second-order valence-electron chi connectivity index (χ2n) is 6.53. The highest BCUT2D eigenvalue weighted by atomic mass is 32.1.